The van der Waals surface area contributed by atoms with Crippen molar-refractivity contribution in [3.8, 4) is 11.5 Å². The molecule has 0 spiro atoms. The van der Waals surface area contributed by atoms with Crippen molar-refractivity contribution in [3.05, 3.63) is 34.0 Å². The van der Waals surface area contributed by atoms with E-state index in [1.165, 1.54) is 6.08 Å². The van der Waals surface area contributed by atoms with Crippen LogP contribution in [-0.4, -0.2) is 31.6 Å². The highest BCUT2D eigenvalue weighted by Gasteiger charge is 2.12. The lowest BCUT2D eigenvalue weighted by Gasteiger charge is -2.13. The highest BCUT2D eigenvalue weighted by molar-refractivity contribution is 7.99. The highest BCUT2D eigenvalue weighted by Crippen LogP contribution is 2.39. The van der Waals surface area contributed by atoms with Crippen molar-refractivity contribution in [2.24, 2.45) is 0 Å². The van der Waals surface area contributed by atoms with Crippen LogP contribution in [0.15, 0.2) is 23.2 Å². The smallest absolute Gasteiger partial charge is 0.235 e. The van der Waals surface area contributed by atoms with Gasteiger partial charge in [0.25, 0.3) is 0 Å². The molecule has 22 heavy (non-hydrogen) atoms. The van der Waals surface area contributed by atoms with Gasteiger partial charge >= 0.3 is 0 Å². The van der Waals surface area contributed by atoms with Gasteiger partial charge in [-0.2, -0.15) is 0 Å². The molecule has 0 aliphatic carbocycles. The first-order valence-corrected chi connectivity index (χ1v) is 7.87. The Morgan fingerprint density at radius 1 is 1.23 bits per heavy atom. The molecule has 0 bridgehead atoms. The fraction of sp³-hybridized carbons (Fsp3) is 0.467. The molecule has 0 N–H and O–H groups in total. The Bertz CT molecular complexity index is 497. The van der Waals surface area contributed by atoms with Gasteiger partial charge in [-0.15, -0.1) is 11.8 Å². The second kappa shape index (κ2) is 10.0. The van der Waals surface area contributed by atoms with Gasteiger partial charge in [0.2, 0.25) is 6.20 Å². The van der Waals surface area contributed by atoms with Crippen LogP contribution in [0.3, 0.4) is 0 Å². The zero-order valence-electron chi connectivity index (χ0n) is 12.7. The van der Waals surface area contributed by atoms with Gasteiger partial charge in [0.15, 0.2) is 0 Å². The van der Waals surface area contributed by atoms with Gasteiger partial charge in [-0.05, 0) is 36.3 Å². The van der Waals surface area contributed by atoms with E-state index in [0.29, 0.717) is 23.5 Å². The summed E-state index contributed by atoms with van der Waals surface area (Å²) in [5.74, 6) is 2.05. The Kier molecular flexibility index (Phi) is 8.35. The van der Waals surface area contributed by atoms with Crippen LogP contribution in [0.2, 0.25) is 0 Å². The van der Waals surface area contributed by atoms with Gasteiger partial charge in [0.1, 0.15) is 11.5 Å². The van der Waals surface area contributed by atoms with Gasteiger partial charge in [-0.3, -0.25) is 14.5 Å². The molecule has 7 heteroatoms. The van der Waals surface area contributed by atoms with E-state index in [1.807, 2.05) is 0 Å². The largest absolute Gasteiger partial charge is 0.495 e. The maximum Gasteiger partial charge on any atom is 0.235 e. The first-order valence-electron chi connectivity index (χ1n) is 6.88. The second-order valence-electron chi connectivity index (χ2n) is 4.45. The quantitative estimate of drug-likeness (QED) is 0.279. The van der Waals surface area contributed by atoms with Gasteiger partial charge in [0.05, 0.1) is 30.7 Å². The van der Waals surface area contributed by atoms with Crippen LogP contribution in [-0.2, 0) is 0 Å². The minimum atomic E-state index is -0.521. The molecule has 0 unspecified atom stereocenters. The summed E-state index contributed by atoms with van der Waals surface area (Å²) in [6.45, 7) is -0.283. The minimum Gasteiger partial charge on any atom is -0.495 e. The van der Waals surface area contributed by atoms with E-state index in [2.05, 4.69) is 0 Å². The Morgan fingerprint density at radius 3 is 2.36 bits per heavy atom. The molecule has 0 saturated heterocycles. The van der Waals surface area contributed by atoms with E-state index in [-0.39, 0.29) is 6.67 Å². The number of alkyl halides is 1. The van der Waals surface area contributed by atoms with Crippen LogP contribution in [0, 0.1) is 10.1 Å². The summed E-state index contributed by atoms with van der Waals surface area (Å²) in [7, 11) is 3.09. The normalized spacial score (nSPS) is 10.9. The average molecular weight is 329 g/mol. The molecule has 0 amide bonds. The van der Waals surface area contributed by atoms with Crippen LogP contribution in [0.1, 0.15) is 24.8 Å². The number of nitrogens with zero attached hydrogens (tertiary/aromatic N) is 1. The zero-order chi connectivity index (χ0) is 16.4. The summed E-state index contributed by atoms with van der Waals surface area (Å²) in [4.78, 5) is 10.7. The van der Waals surface area contributed by atoms with Crippen LogP contribution in [0.25, 0.3) is 6.08 Å². The molecule has 0 heterocycles. The third-order valence-corrected chi connectivity index (χ3v) is 4.08. The number of hydrogen-bond donors (Lipinski definition) is 0. The van der Waals surface area contributed by atoms with Crippen molar-refractivity contribution >= 4 is 17.8 Å². The van der Waals surface area contributed by atoms with Crippen molar-refractivity contribution in [1.29, 1.82) is 0 Å². The van der Waals surface area contributed by atoms with Crippen LogP contribution in [0.4, 0.5) is 4.39 Å². The van der Waals surface area contributed by atoms with Gasteiger partial charge in [-0.1, -0.05) is 6.42 Å². The maximum atomic E-state index is 12.1. The molecular weight excluding hydrogens is 309 g/mol. The highest BCUT2D eigenvalue weighted by atomic mass is 32.2. The van der Waals surface area contributed by atoms with Gasteiger partial charge in [0, 0.05) is 6.08 Å². The standard InChI is InChI=1S/C15H20FNO4S/c1-20-13-10-12(6-8-17(18)19)11-14(21-2)15(13)22-9-5-3-4-7-16/h6,8,10-11H,3-5,7,9H2,1-2H3. The third-order valence-electron chi connectivity index (χ3n) is 2.90. The lowest BCUT2D eigenvalue weighted by molar-refractivity contribution is -0.400. The number of nitro groups is 1. The minimum absolute atomic E-state index is 0.283. The SMILES string of the molecule is COc1cc(C=C[N+](=O)[O-])cc(OC)c1SCCCCCF. The van der Waals surface area contributed by atoms with Crippen molar-refractivity contribution in [1.82, 2.24) is 0 Å². The Balaban J connectivity index is 2.88. The second-order valence-corrected chi connectivity index (χ2v) is 5.56. The number of hydrogen-bond acceptors (Lipinski definition) is 5. The van der Waals surface area contributed by atoms with Crippen molar-refractivity contribution in [2.75, 3.05) is 26.6 Å². The number of rotatable bonds is 10. The van der Waals surface area contributed by atoms with Crippen LogP contribution >= 0.6 is 11.8 Å². The van der Waals surface area contributed by atoms with E-state index in [0.717, 1.165) is 29.7 Å². The number of methoxy groups -OCH3 is 2. The Labute approximate surface area is 133 Å². The van der Waals surface area contributed by atoms with Crippen molar-refractivity contribution < 1.29 is 18.8 Å². The van der Waals surface area contributed by atoms with Crippen molar-refractivity contribution in [2.45, 2.75) is 24.2 Å². The first kappa shape index (κ1) is 18.3. The predicted octanol–water partition coefficient (Wildman–Crippen LogP) is 4.18. The van der Waals surface area contributed by atoms with Crippen LogP contribution in [0.5, 0.6) is 11.5 Å². The summed E-state index contributed by atoms with van der Waals surface area (Å²) in [5, 5.41) is 10.4. The molecule has 0 radical (unpaired) electrons. The lowest BCUT2D eigenvalue weighted by Crippen LogP contribution is -1.94. The number of unbranched alkanes of at least 4 members (excludes halogenated alkanes) is 2. The summed E-state index contributed by atoms with van der Waals surface area (Å²) < 4.78 is 22.8. The Morgan fingerprint density at radius 2 is 1.86 bits per heavy atom. The van der Waals surface area contributed by atoms with E-state index in [9.17, 15) is 14.5 Å². The molecule has 0 aliphatic rings. The topological polar surface area (TPSA) is 61.6 Å². The van der Waals surface area contributed by atoms with E-state index in [1.54, 1.807) is 38.1 Å². The molecule has 0 saturated carbocycles. The van der Waals surface area contributed by atoms with E-state index in [4.69, 9.17) is 9.47 Å². The summed E-state index contributed by atoms with van der Waals surface area (Å²) in [5.41, 5.74) is 0.632. The third kappa shape index (κ3) is 5.93. The molecule has 1 aromatic carbocycles. The molecule has 0 aliphatic heterocycles. The fourth-order valence-electron chi connectivity index (χ4n) is 1.83. The monoisotopic (exact) mass is 329 g/mol. The van der Waals surface area contributed by atoms with Crippen LogP contribution < -0.4 is 9.47 Å². The molecule has 1 rings (SSSR count). The molecular formula is C15H20FNO4S. The maximum absolute atomic E-state index is 12.1. The lowest BCUT2D eigenvalue weighted by atomic mass is 10.2. The molecule has 1 aromatic rings. The summed E-state index contributed by atoms with van der Waals surface area (Å²) in [6, 6.07) is 3.46. The van der Waals surface area contributed by atoms with Gasteiger partial charge < -0.3 is 9.47 Å². The summed E-state index contributed by atoms with van der Waals surface area (Å²) in [6.07, 6.45) is 4.60. The van der Waals surface area contributed by atoms with E-state index >= 15 is 0 Å². The molecule has 5 nitrogen and oxygen atoms in total. The summed E-state index contributed by atoms with van der Waals surface area (Å²) >= 11 is 1.58. The fourth-order valence-corrected chi connectivity index (χ4v) is 2.95. The molecule has 122 valence electrons. The number of ether oxygens (including phenoxy) is 2. The predicted molar refractivity (Wildman–Crippen MR) is 86.1 cm³/mol. The number of thioether (sulfide) groups is 1. The molecule has 0 fully saturated rings. The average Bonchev–Trinajstić information content (AvgIpc) is 2.52. The van der Waals surface area contributed by atoms with Crippen molar-refractivity contribution in [3.63, 3.8) is 0 Å². The first-order chi connectivity index (χ1) is 10.6. The molecule has 0 atom stereocenters. The number of halogens is 1. The van der Waals surface area contributed by atoms with E-state index < -0.39 is 4.92 Å². The Hall–Kier alpha value is -1.76. The van der Waals surface area contributed by atoms with Gasteiger partial charge in [-0.25, -0.2) is 0 Å². The zero-order valence-corrected chi connectivity index (χ0v) is 13.5. The molecule has 0 aromatic heterocycles. The number of benzene rings is 1.